The summed E-state index contributed by atoms with van der Waals surface area (Å²) >= 11 is 0. The van der Waals surface area contributed by atoms with Gasteiger partial charge in [0.25, 0.3) is 0 Å². The molecule has 3 rings (SSSR count). The van der Waals surface area contributed by atoms with Crippen LogP contribution in [0.15, 0.2) is 60.7 Å². The van der Waals surface area contributed by atoms with E-state index in [1.165, 1.54) is 11.1 Å². The summed E-state index contributed by atoms with van der Waals surface area (Å²) in [7, 11) is 6.99. The molecule has 2 unspecified atom stereocenters. The van der Waals surface area contributed by atoms with Crippen LogP contribution in [0.25, 0.3) is 22.3 Å². The molecule has 0 aliphatic carbocycles. The van der Waals surface area contributed by atoms with Crippen molar-refractivity contribution in [1.29, 1.82) is 0 Å². The van der Waals surface area contributed by atoms with E-state index in [-0.39, 0.29) is 5.82 Å². The zero-order valence-electron chi connectivity index (χ0n) is 14.8. The molecule has 0 saturated heterocycles. The summed E-state index contributed by atoms with van der Waals surface area (Å²) in [5.41, 5.74) is 7.24. The summed E-state index contributed by atoms with van der Waals surface area (Å²) in [6.07, 6.45) is 1.56. The Morgan fingerprint density at radius 3 is 2.08 bits per heavy atom. The van der Waals surface area contributed by atoms with Gasteiger partial charge in [-0.2, -0.15) is 0 Å². The minimum absolute atomic E-state index is 0.169. The molecule has 0 N–H and O–H groups in total. The van der Waals surface area contributed by atoms with Gasteiger partial charge in [0.2, 0.25) is 0 Å². The molecule has 0 saturated carbocycles. The highest BCUT2D eigenvalue weighted by Gasteiger charge is 2.10. The number of methoxy groups -OCH3 is 1. The van der Waals surface area contributed by atoms with Crippen molar-refractivity contribution in [2.75, 3.05) is 7.11 Å². The van der Waals surface area contributed by atoms with Crippen molar-refractivity contribution in [3.8, 4) is 22.3 Å². The number of hydrogen-bond donors (Lipinski definition) is 0. The molecule has 0 aliphatic rings. The predicted octanol–water partition coefficient (Wildman–Crippen LogP) is 6.06. The van der Waals surface area contributed by atoms with Crippen LogP contribution in [-0.2, 0) is 23.7 Å². The van der Waals surface area contributed by atoms with Gasteiger partial charge in [-0.1, -0.05) is 48.5 Å². The van der Waals surface area contributed by atoms with Crippen LogP contribution in [0.5, 0.6) is 0 Å². The Morgan fingerprint density at radius 2 is 1.46 bits per heavy atom. The fraction of sp³-hybridized carbons (Fsp3) is 0.182. The summed E-state index contributed by atoms with van der Waals surface area (Å²) in [5.74, 6) is -0.169. The zero-order valence-corrected chi connectivity index (χ0v) is 17.1. The number of ether oxygens (including phenoxy) is 1. The second-order valence-corrected chi connectivity index (χ2v) is 7.03. The highest BCUT2D eigenvalue weighted by Crippen LogP contribution is 2.31. The molecule has 0 aliphatic heterocycles. The van der Waals surface area contributed by atoms with Crippen molar-refractivity contribution in [2.45, 2.75) is 18.9 Å². The average Bonchev–Trinajstić information content (AvgIpc) is 2.68. The van der Waals surface area contributed by atoms with Crippen LogP contribution < -0.4 is 0 Å². The third-order valence-corrected chi connectivity index (χ3v) is 5.42. The minimum atomic E-state index is -0.169. The second kappa shape index (κ2) is 8.87. The first kappa shape index (κ1) is 19.2. The maximum atomic E-state index is 14.2. The first-order valence-corrected chi connectivity index (χ1v) is 10.2. The third-order valence-electron chi connectivity index (χ3n) is 4.51. The third kappa shape index (κ3) is 4.21. The molecule has 0 amide bonds. The normalized spacial score (nSPS) is 10.9. The van der Waals surface area contributed by atoms with Gasteiger partial charge >= 0.3 is 0 Å². The molecule has 3 aromatic carbocycles. The zero-order chi connectivity index (χ0) is 18.5. The molecule has 26 heavy (non-hydrogen) atoms. The van der Waals surface area contributed by atoms with Crippen molar-refractivity contribution >= 4 is 18.5 Å². The van der Waals surface area contributed by atoms with Gasteiger partial charge in [0, 0.05) is 7.11 Å². The lowest BCUT2D eigenvalue weighted by atomic mass is 9.94. The fourth-order valence-corrected chi connectivity index (χ4v) is 3.65. The van der Waals surface area contributed by atoms with Gasteiger partial charge in [-0.15, -0.1) is 18.5 Å². The molecule has 1 nitrogen and oxygen atoms in total. The quantitative estimate of drug-likeness (QED) is 0.470. The van der Waals surface area contributed by atoms with E-state index in [0.29, 0.717) is 18.3 Å². The number of benzene rings is 3. The second-order valence-electron chi connectivity index (χ2n) is 6.22. The van der Waals surface area contributed by atoms with Gasteiger partial charge in [0.05, 0.1) is 6.61 Å². The van der Waals surface area contributed by atoms with Gasteiger partial charge in [-0.3, -0.25) is 0 Å². The minimum Gasteiger partial charge on any atom is -0.380 e. The summed E-state index contributed by atoms with van der Waals surface area (Å²) in [6, 6.07) is 20.3. The van der Waals surface area contributed by atoms with Crippen molar-refractivity contribution in [1.82, 2.24) is 0 Å². The lowest BCUT2D eigenvalue weighted by molar-refractivity contribution is 0.185. The maximum absolute atomic E-state index is 14.2. The van der Waals surface area contributed by atoms with E-state index in [4.69, 9.17) is 4.74 Å². The lowest BCUT2D eigenvalue weighted by Crippen LogP contribution is -1.95. The standard InChI is InChI=1S/C22H23FOP2/c1-24-12-20-10-17(16-4-2-15(13-25)3-5-16)8-9-21(20)18-6-7-19(14-26)22(23)11-18/h2-11H,12-14,25-26H2,1H3. The maximum Gasteiger partial charge on any atom is 0.127 e. The van der Waals surface area contributed by atoms with E-state index in [1.807, 2.05) is 12.1 Å². The Labute approximate surface area is 159 Å². The molecule has 0 aromatic heterocycles. The summed E-state index contributed by atoms with van der Waals surface area (Å²) < 4.78 is 19.6. The van der Waals surface area contributed by atoms with Crippen LogP contribution in [0.1, 0.15) is 16.7 Å². The molecule has 0 bridgehead atoms. The monoisotopic (exact) mass is 384 g/mol. The first-order chi connectivity index (χ1) is 12.7. The van der Waals surface area contributed by atoms with E-state index in [1.54, 1.807) is 13.2 Å². The van der Waals surface area contributed by atoms with Gasteiger partial charge in [0.15, 0.2) is 0 Å². The van der Waals surface area contributed by atoms with Gasteiger partial charge in [0.1, 0.15) is 5.82 Å². The Balaban J connectivity index is 2.02. The van der Waals surface area contributed by atoms with Crippen molar-refractivity contribution < 1.29 is 9.13 Å². The van der Waals surface area contributed by atoms with Gasteiger partial charge in [-0.25, -0.2) is 4.39 Å². The smallest absolute Gasteiger partial charge is 0.127 e. The van der Waals surface area contributed by atoms with Crippen molar-refractivity contribution in [3.05, 3.63) is 83.2 Å². The van der Waals surface area contributed by atoms with Crippen LogP contribution in [-0.4, -0.2) is 7.11 Å². The molecular formula is C22H23FOP2. The van der Waals surface area contributed by atoms with Gasteiger partial charge in [-0.05, 0) is 63.4 Å². The largest absolute Gasteiger partial charge is 0.380 e. The Bertz CT molecular complexity index is 891. The summed E-state index contributed by atoms with van der Waals surface area (Å²) in [6.45, 7) is 0.486. The van der Waals surface area contributed by atoms with E-state index < -0.39 is 0 Å². The fourth-order valence-electron chi connectivity index (χ4n) is 3.04. The van der Waals surface area contributed by atoms with Crippen LogP contribution in [0.4, 0.5) is 4.39 Å². The molecule has 4 heteroatoms. The lowest BCUT2D eigenvalue weighted by Gasteiger charge is -2.13. The van der Waals surface area contributed by atoms with Crippen LogP contribution in [0.3, 0.4) is 0 Å². The Hall–Kier alpha value is -1.59. The molecular weight excluding hydrogens is 361 g/mol. The van der Waals surface area contributed by atoms with E-state index in [9.17, 15) is 4.39 Å². The molecule has 0 spiro atoms. The summed E-state index contributed by atoms with van der Waals surface area (Å²) in [4.78, 5) is 0. The number of rotatable bonds is 6. The molecule has 134 valence electrons. The van der Waals surface area contributed by atoms with Crippen LogP contribution in [0.2, 0.25) is 0 Å². The number of halogens is 1. The molecule has 0 fully saturated rings. The Morgan fingerprint density at radius 1 is 0.769 bits per heavy atom. The highest BCUT2D eigenvalue weighted by atomic mass is 31.0. The predicted molar refractivity (Wildman–Crippen MR) is 115 cm³/mol. The average molecular weight is 384 g/mol. The SMILES string of the molecule is COCc1cc(-c2ccc(CP)cc2)ccc1-c1ccc(CP)c(F)c1. The van der Waals surface area contributed by atoms with Crippen LogP contribution >= 0.6 is 18.5 Å². The molecule has 0 radical (unpaired) electrons. The van der Waals surface area contributed by atoms with E-state index in [0.717, 1.165) is 28.4 Å². The summed E-state index contributed by atoms with van der Waals surface area (Å²) in [5, 5.41) is 0. The van der Waals surface area contributed by atoms with E-state index >= 15 is 0 Å². The molecule has 0 heterocycles. The van der Waals surface area contributed by atoms with Crippen molar-refractivity contribution in [3.63, 3.8) is 0 Å². The molecule has 3 aromatic rings. The number of hydrogen-bond acceptors (Lipinski definition) is 1. The Kier molecular flexibility index (Phi) is 6.54. The molecule has 2 atom stereocenters. The van der Waals surface area contributed by atoms with Gasteiger partial charge < -0.3 is 4.74 Å². The van der Waals surface area contributed by atoms with Crippen molar-refractivity contribution in [2.24, 2.45) is 0 Å². The topological polar surface area (TPSA) is 9.23 Å². The van der Waals surface area contributed by atoms with Crippen LogP contribution in [0, 0.1) is 5.82 Å². The van der Waals surface area contributed by atoms with E-state index in [2.05, 4.69) is 60.9 Å². The highest BCUT2D eigenvalue weighted by molar-refractivity contribution is 7.15. The first-order valence-electron chi connectivity index (χ1n) is 8.56.